The van der Waals surface area contributed by atoms with Crippen LogP contribution in [0.15, 0.2) is 41.3 Å². The Kier molecular flexibility index (Phi) is 4.66. The van der Waals surface area contributed by atoms with Gasteiger partial charge in [-0.05, 0) is 31.0 Å². The average molecular weight is 366 g/mol. The molecule has 1 aromatic carbocycles. The van der Waals surface area contributed by atoms with E-state index in [2.05, 4.69) is 15.3 Å². The first-order chi connectivity index (χ1) is 13.2. The quantitative estimate of drug-likeness (QED) is 0.742. The van der Waals surface area contributed by atoms with Gasteiger partial charge < -0.3 is 14.8 Å². The van der Waals surface area contributed by atoms with Crippen molar-refractivity contribution in [1.82, 2.24) is 14.5 Å². The number of nitrogens with one attached hydrogen (secondary N) is 1. The SMILES string of the molecule is COc1ccc(Nc2ncc3ccc(=O)n(C4CCCC4)c3n2)c(OC)c1. The Morgan fingerprint density at radius 2 is 1.93 bits per heavy atom. The molecule has 0 spiro atoms. The molecular weight excluding hydrogens is 344 g/mol. The molecule has 1 aliphatic rings. The largest absolute Gasteiger partial charge is 0.497 e. The zero-order valence-corrected chi connectivity index (χ0v) is 15.4. The van der Waals surface area contributed by atoms with Crippen LogP contribution in [0.2, 0.25) is 0 Å². The third-order valence-electron chi connectivity index (χ3n) is 5.01. The van der Waals surface area contributed by atoms with Crippen LogP contribution in [0.1, 0.15) is 31.7 Å². The molecule has 7 nitrogen and oxygen atoms in total. The molecule has 0 saturated heterocycles. The number of nitrogens with zero attached hydrogens (tertiary/aromatic N) is 3. The standard InChI is InChI=1S/C20H22N4O3/c1-26-15-8-9-16(17(11-15)27-2)22-20-21-12-13-7-10-18(25)24(19(13)23-20)14-5-3-4-6-14/h7-12,14H,3-6H2,1-2H3,(H,21,22,23). The third-order valence-corrected chi connectivity index (χ3v) is 5.01. The predicted octanol–water partition coefficient (Wildman–Crippen LogP) is 3.67. The van der Waals surface area contributed by atoms with Gasteiger partial charge in [0.2, 0.25) is 5.95 Å². The summed E-state index contributed by atoms with van der Waals surface area (Å²) in [4.78, 5) is 21.5. The van der Waals surface area contributed by atoms with E-state index in [4.69, 9.17) is 9.47 Å². The van der Waals surface area contributed by atoms with Gasteiger partial charge in [0.1, 0.15) is 17.1 Å². The molecule has 1 N–H and O–H groups in total. The Balaban J connectivity index is 1.75. The molecule has 1 fully saturated rings. The molecule has 0 amide bonds. The van der Waals surface area contributed by atoms with Crippen LogP contribution in [-0.4, -0.2) is 28.8 Å². The molecule has 0 unspecified atom stereocenters. The maximum absolute atomic E-state index is 12.5. The Morgan fingerprint density at radius 1 is 1.11 bits per heavy atom. The summed E-state index contributed by atoms with van der Waals surface area (Å²) in [5.41, 5.74) is 1.38. The molecular formula is C20H22N4O3. The van der Waals surface area contributed by atoms with Crippen LogP contribution in [0.5, 0.6) is 11.5 Å². The molecule has 1 saturated carbocycles. The van der Waals surface area contributed by atoms with E-state index in [1.807, 2.05) is 16.7 Å². The number of fused-ring (bicyclic) bond motifs is 1. The van der Waals surface area contributed by atoms with Gasteiger partial charge in [0.25, 0.3) is 5.56 Å². The molecule has 0 bridgehead atoms. The van der Waals surface area contributed by atoms with Crippen molar-refractivity contribution in [1.29, 1.82) is 0 Å². The van der Waals surface area contributed by atoms with E-state index in [-0.39, 0.29) is 11.6 Å². The molecule has 2 heterocycles. The number of pyridine rings is 1. The van der Waals surface area contributed by atoms with Crippen molar-refractivity contribution >= 4 is 22.7 Å². The molecule has 0 radical (unpaired) electrons. The fraction of sp³-hybridized carbons (Fsp3) is 0.350. The van der Waals surface area contributed by atoms with E-state index in [9.17, 15) is 4.79 Å². The number of benzene rings is 1. The summed E-state index contributed by atoms with van der Waals surface area (Å²) in [6.45, 7) is 0. The van der Waals surface area contributed by atoms with Gasteiger partial charge in [0.05, 0.1) is 19.9 Å². The van der Waals surface area contributed by atoms with E-state index < -0.39 is 0 Å². The molecule has 2 aromatic heterocycles. The van der Waals surface area contributed by atoms with Gasteiger partial charge in [-0.3, -0.25) is 9.36 Å². The van der Waals surface area contributed by atoms with Crippen LogP contribution in [0.3, 0.4) is 0 Å². The lowest BCUT2D eigenvalue weighted by Gasteiger charge is -2.16. The second-order valence-electron chi connectivity index (χ2n) is 6.64. The van der Waals surface area contributed by atoms with Crippen molar-refractivity contribution in [3.05, 3.63) is 46.9 Å². The van der Waals surface area contributed by atoms with Crippen LogP contribution in [0.25, 0.3) is 11.0 Å². The molecule has 1 aliphatic carbocycles. The summed E-state index contributed by atoms with van der Waals surface area (Å²) in [7, 11) is 3.20. The van der Waals surface area contributed by atoms with Crippen LogP contribution >= 0.6 is 0 Å². The minimum absolute atomic E-state index is 0.0129. The highest BCUT2D eigenvalue weighted by molar-refractivity contribution is 5.76. The van der Waals surface area contributed by atoms with Crippen LogP contribution < -0.4 is 20.3 Å². The number of aromatic nitrogens is 3. The summed E-state index contributed by atoms with van der Waals surface area (Å²) in [5.74, 6) is 1.74. The van der Waals surface area contributed by atoms with E-state index in [0.717, 1.165) is 36.8 Å². The van der Waals surface area contributed by atoms with Gasteiger partial charge in [-0.2, -0.15) is 4.98 Å². The van der Waals surface area contributed by atoms with E-state index in [0.29, 0.717) is 23.1 Å². The minimum atomic E-state index is -0.0129. The summed E-state index contributed by atoms with van der Waals surface area (Å²) >= 11 is 0. The highest BCUT2D eigenvalue weighted by Crippen LogP contribution is 2.32. The fourth-order valence-electron chi connectivity index (χ4n) is 3.64. The minimum Gasteiger partial charge on any atom is -0.497 e. The van der Waals surface area contributed by atoms with E-state index in [1.165, 1.54) is 0 Å². The summed E-state index contributed by atoms with van der Waals surface area (Å²) in [5, 5.41) is 4.04. The average Bonchev–Trinajstić information content (AvgIpc) is 3.22. The lowest BCUT2D eigenvalue weighted by Crippen LogP contribution is -2.23. The summed E-state index contributed by atoms with van der Waals surface area (Å²) in [6, 6.07) is 9.06. The van der Waals surface area contributed by atoms with Crippen molar-refractivity contribution in [2.45, 2.75) is 31.7 Å². The molecule has 4 rings (SSSR count). The van der Waals surface area contributed by atoms with Crippen molar-refractivity contribution in [3.8, 4) is 11.5 Å². The number of ether oxygens (including phenoxy) is 2. The van der Waals surface area contributed by atoms with Gasteiger partial charge in [0, 0.05) is 29.8 Å². The lowest BCUT2D eigenvalue weighted by molar-refractivity contribution is 0.395. The number of anilines is 2. The van der Waals surface area contributed by atoms with Gasteiger partial charge in [-0.1, -0.05) is 12.8 Å². The van der Waals surface area contributed by atoms with Crippen molar-refractivity contribution in [2.75, 3.05) is 19.5 Å². The third kappa shape index (κ3) is 3.32. The monoisotopic (exact) mass is 366 g/mol. The molecule has 0 aliphatic heterocycles. The Morgan fingerprint density at radius 3 is 2.67 bits per heavy atom. The van der Waals surface area contributed by atoms with Gasteiger partial charge >= 0.3 is 0 Å². The zero-order valence-electron chi connectivity index (χ0n) is 15.4. The number of rotatable bonds is 5. The lowest BCUT2D eigenvalue weighted by atomic mass is 10.2. The maximum Gasteiger partial charge on any atom is 0.252 e. The van der Waals surface area contributed by atoms with Gasteiger partial charge in [0.15, 0.2) is 0 Å². The van der Waals surface area contributed by atoms with Crippen molar-refractivity contribution in [2.24, 2.45) is 0 Å². The van der Waals surface area contributed by atoms with Crippen molar-refractivity contribution < 1.29 is 9.47 Å². The molecule has 3 aromatic rings. The first-order valence-corrected chi connectivity index (χ1v) is 9.07. The van der Waals surface area contributed by atoms with Crippen molar-refractivity contribution in [3.63, 3.8) is 0 Å². The van der Waals surface area contributed by atoms with Crippen LogP contribution in [-0.2, 0) is 0 Å². The van der Waals surface area contributed by atoms with E-state index in [1.54, 1.807) is 38.6 Å². The Labute approximate surface area is 157 Å². The first kappa shape index (κ1) is 17.3. The normalized spacial score (nSPS) is 14.4. The summed E-state index contributed by atoms with van der Waals surface area (Å²) in [6.07, 6.45) is 6.06. The molecule has 0 atom stereocenters. The Hall–Kier alpha value is -3.09. The Bertz CT molecular complexity index is 1030. The highest BCUT2D eigenvalue weighted by Gasteiger charge is 2.20. The van der Waals surface area contributed by atoms with E-state index >= 15 is 0 Å². The fourth-order valence-corrected chi connectivity index (χ4v) is 3.64. The smallest absolute Gasteiger partial charge is 0.252 e. The predicted molar refractivity (Wildman–Crippen MR) is 104 cm³/mol. The van der Waals surface area contributed by atoms with Gasteiger partial charge in [-0.25, -0.2) is 4.98 Å². The molecule has 27 heavy (non-hydrogen) atoms. The number of hydrogen-bond acceptors (Lipinski definition) is 6. The van der Waals surface area contributed by atoms with Crippen LogP contribution in [0, 0.1) is 0 Å². The van der Waals surface area contributed by atoms with Gasteiger partial charge in [-0.15, -0.1) is 0 Å². The molecule has 7 heteroatoms. The first-order valence-electron chi connectivity index (χ1n) is 9.07. The molecule has 140 valence electrons. The topological polar surface area (TPSA) is 78.3 Å². The number of methoxy groups -OCH3 is 2. The number of hydrogen-bond donors (Lipinski definition) is 1. The second kappa shape index (κ2) is 7.26. The zero-order chi connectivity index (χ0) is 18.8. The summed E-state index contributed by atoms with van der Waals surface area (Å²) < 4.78 is 12.5. The second-order valence-corrected chi connectivity index (χ2v) is 6.64. The highest BCUT2D eigenvalue weighted by atomic mass is 16.5. The van der Waals surface area contributed by atoms with Crippen LogP contribution in [0.4, 0.5) is 11.6 Å². The maximum atomic E-state index is 12.5.